The first kappa shape index (κ1) is 28.9. The third kappa shape index (κ3) is 5.75. The number of H-pyrrole nitrogens is 1. The van der Waals surface area contributed by atoms with Crippen molar-refractivity contribution in [1.29, 1.82) is 0 Å². The van der Waals surface area contributed by atoms with Gasteiger partial charge in [0.25, 0.3) is 17.9 Å². The van der Waals surface area contributed by atoms with Gasteiger partial charge in [-0.2, -0.15) is 0 Å². The summed E-state index contributed by atoms with van der Waals surface area (Å²) in [5.74, 6) is -5.79. The van der Waals surface area contributed by atoms with E-state index in [1.807, 2.05) is 0 Å². The van der Waals surface area contributed by atoms with Gasteiger partial charge in [0.15, 0.2) is 5.82 Å². The number of nitrogens with two attached hydrogens (primary N) is 1. The van der Waals surface area contributed by atoms with E-state index in [9.17, 15) is 35.9 Å². The number of piperidine rings is 1. The van der Waals surface area contributed by atoms with Crippen molar-refractivity contribution in [2.45, 2.75) is 62.6 Å². The molecule has 2 aromatic heterocycles. The highest BCUT2D eigenvalue weighted by Crippen LogP contribution is 2.41. The zero-order valence-corrected chi connectivity index (χ0v) is 21.9. The van der Waals surface area contributed by atoms with Crippen LogP contribution in [0.2, 0.25) is 0 Å². The number of aromatic nitrogens is 3. The number of halogens is 6. The van der Waals surface area contributed by atoms with Crippen LogP contribution in [0.1, 0.15) is 60.3 Å². The number of nitrogens with zero attached hydrogens (tertiary/aromatic N) is 3. The van der Waals surface area contributed by atoms with E-state index >= 15 is 0 Å². The van der Waals surface area contributed by atoms with E-state index in [1.54, 1.807) is 17.7 Å². The number of rotatable bonds is 7. The first-order chi connectivity index (χ1) is 19.3. The Hall–Kier alpha value is -3.65. The standard InChI is InChI=1S/C27H28F6N6O2/c1-13(25(40)37-21-12-39-20(2-3-22(39)36-21)14-6-16(28)9-17(29)7-14)38-5-4-27(32,33)19(11-38)15-8-18(23(34)24(30)31)26(41)35-10-15/h6-10,12-13,19-20,23-24H,2-5,11,34H2,1H3,(H,35,41)(H,37,40)/t13-,19+,20+,23-/m0/s1. The summed E-state index contributed by atoms with van der Waals surface area (Å²) in [6.45, 7) is 1.14. The van der Waals surface area contributed by atoms with Gasteiger partial charge in [0.1, 0.15) is 17.5 Å². The van der Waals surface area contributed by atoms with Gasteiger partial charge in [0.2, 0.25) is 5.91 Å². The van der Waals surface area contributed by atoms with Gasteiger partial charge >= 0.3 is 0 Å². The minimum atomic E-state index is -3.23. The minimum absolute atomic E-state index is 0.0663. The highest BCUT2D eigenvalue weighted by molar-refractivity contribution is 5.93. The van der Waals surface area contributed by atoms with Crippen LogP contribution in [0.4, 0.5) is 32.2 Å². The highest BCUT2D eigenvalue weighted by atomic mass is 19.3. The predicted octanol–water partition coefficient (Wildman–Crippen LogP) is 4.10. The molecule has 41 heavy (non-hydrogen) atoms. The van der Waals surface area contributed by atoms with Gasteiger partial charge in [-0.15, -0.1) is 0 Å². The van der Waals surface area contributed by atoms with Crippen LogP contribution in [0.3, 0.4) is 0 Å². The molecule has 1 amide bonds. The lowest BCUT2D eigenvalue weighted by molar-refractivity contribution is -0.125. The maximum absolute atomic E-state index is 15.0. The summed E-state index contributed by atoms with van der Waals surface area (Å²) >= 11 is 0. The lowest BCUT2D eigenvalue weighted by Crippen LogP contribution is -2.52. The van der Waals surface area contributed by atoms with E-state index in [2.05, 4.69) is 15.3 Å². The molecule has 0 aliphatic carbocycles. The summed E-state index contributed by atoms with van der Waals surface area (Å²) in [5, 5.41) is 2.69. The average molecular weight is 583 g/mol. The van der Waals surface area contributed by atoms with Gasteiger partial charge in [0.05, 0.1) is 24.0 Å². The number of imidazole rings is 1. The molecular weight excluding hydrogens is 554 g/mol. The minimum Gasteiger partial charge on any atom is -0.329 e. The maximum Gasteiger partial charge on any atom is 0.257 e. The number of benzene rings is 1. The summed E-state index contributed by atoms with van der Waals surface area (Å²) < 4.78 is 85.5. The second-order valence-corrected chi connectivity index (χ2v) is 10.5. The third-order valence-corrected chi connectivity index (χ3v) is 7.88. The summed E-state index contributed by atoms with van der Waals surface area (Å²) in [4.78, 5) is 33.3. The summed E-state index contributed by atoms with van der Waals surface area (Å²) in [5.41, 5.74) is 4.40. The number of pyridine rings is 1. The van der Waals surface area contributed by atoms with Crippen LogP contribution in [-0.4, -0.2) is 56.8 Å². The van der Waals surface area contributed by atoms with Crippen molar-refractivity contribution in [3.8, 4) is 0 Å². The number of aryl methyl sites for hydroxylation is 1. The van der Waals surface area contributed by atoms with E-state index in [1.165, 1.54) is 17.0 Å². The Kier molecular flexibility index (Phi) is 7.72. The van der Waals surface area contributed by atoms with Gasteiger partial charge in [0, 0.05) is 50.0 Å². The molecule has 220 valence electrons. The van der Waals surface area contributed by atoms with E-state index in [0.717, 1.165) is 18.3 Å². The van der Waals surface area contributed by atoms with Gasteiger partial charge in [-0.1, -0.05) is 0 Å². The molecule has 1 aromatic carbocycles. The monoisotopic (exact) mass is 582 g/mol. The van der Waals surface area contributed by atoms with Crippen LogP contribution in [0.5, 0.6) is 0 Å². The Morgan fingerprint density at radius 3 is 2.56 bits per heavy atom. The van der Waals surface area contributed by atoms with Crippen LogP contribution < -0.4 is 16.6 Å². The molecule has 4 atom stereocenters. The Bertz CT molecular complexity index is 1490. The number of carbonyl (C=O) groups is 1. The number of nitrogens with one attached hydrogen (secondary N) is 2. The SMILES string of the molecule is C[C@@H](C(=O)Nc1cn2c(n1)CC[C@@H]2c1cc(F)cc(F)c1)N1CCC(F)(F)[C@@H](c2c[nH]c(=O)c([C@H](N)C(F)F)c2)C1. The van der Waals surface area contributed by atoms with Gasteiger partial charge in [-0.25, -0.2) is 31.3 Å². The largest absolute Gasteiger partial charge is 0.329 e. The van der Waals surface area contributed by atoms with Crippen molar-refractivity contribution in [2.75, 3.05) is 18.4 Å². The molecule has 5 rings (SSSR count). The van der Waals surface area contributed by atoms with Crippen molar-refractivity contribution in [1.82, 2.24) is 19.4 Å². The van der Waals surface area contributed by atoms with Gasteiger partial charge in [-0.3, -0.25) is 14.5 Å². The molecule has 0 bridgehead atoms. The number of hydrogen-bond acceptors (Lipinski definition) is 5. The summed E-state index contributed by atoms with van der Waals surface area (Å²) in [7, 11) is 0. The number of hydrogen-bond donors (Lipinski definition) is 3. The Morgan fingerprint density at radius 2 is 1.88 bits per heavy atom. The van der Waals surface area contributed by atoms with Crippen LogP contribution in [0.15, 0.2) is 41.5 Å². The number of anilines is 1. The fourth-order valence-electron chi connectivity index (χ4n) is 5.57. The molecule has 14 heteroatoms. The van der Waals surface area contributed by atoms with Gasteiger partial charge < -0.3 is 20.6 Å². The molecule has 3 aromatic rings. The molecule has 0 unspecified atom stereocenters. The van der Waals surface area contributed by atoms with Crippen LogP contribution >= 0.6 is 0 Å². The molecule has 4 N–H and O–H groups in total. The third-order valence-electron chi connectivity index (χ3n) is 7.88. The summed E-state index contributed by atoms with van der Waals surface area (Å²) in [6, 6.07) is 1.09. The van der Waals surface area contributed by atoms with Crippen molar-refractivity contribution >= 4 is 11.7 Å². The van der Waals surface area contributed by atoms with Crippen LogP contribution in [0, 0.1) is 11.6 Å². The topological polar surface area (TPSA) is 109 Å². The van der Waals surface area contributed by atoms with Crippen LogP contribution in [0.25, 0.3) is 0 Å². The van der Waals surface area contributed by atoms with Crippen molar-refractivity contribution in [3.05, 3.63) is 81.2 Å². The van der Waals surface area contributed by atoms with Crippen molar-refractivity contribution in [2.24, 2.45) is 5.73 Å². The maximum atomic E-state index is 15.0. The van der Waals surface area contributed by atoms with E-state index in [4.69, 9.17) is 5.73 Å². The highest BCUT2D eigenvalue weighted by Gasteiger charge is 2.47. The molecule has 0 radical (unpaired) electrons. The molecular formula is C27H28F6N6O2. The zero-order chi connectivity index (χ0) is 29.6. The molecule has 2 aliphatic rings. The Labute approximate surface area is 230 Å². The lowest BCUT2D eigenvalue weighted by Gasteiger charge is -2.40. The predicted molar refractivity (Wildman–Crippen MR) is 137 cm³/mol. The summed E-state index contributed by atoms with van der Waals surface area (Å²) in [6.07, 6.45) is 0.0658. The fourth-order valence-corrected chi connectivity index (χ4v) is 5.57. The number of aromatic amines is 1. The van der Waals surface area contributed by atoms with Crippen molar-refractivity contribution in [3.63, 3.8) is 0 Å². The lowest BCUT2D eigenvalue weighted by atomic mass is 9.86. The fraction of sp³-hybridized carbons (Fsp3) is 0.444. The first-order valence-electron chi connectivity index (χ1n) is 13.1. The molecule has 4 heterocycles. The molecule has 1 saturated heterocycles. The van der Waals surface area contributed by atoms with Crippen LogP contribution in [-0.2, 0) is 11.2 Å². The average Bonchev–Trinajstić information content (AvgIpc) is 3.48. The van der Waals surface area contributed by atoms with Gasteiger partial charge in [-0.05, 0) is 42.7 Å². The second kappa shape index (κ2) is 11.0. The number of alkyl halides is 4. The molecule has 0 spiro atoms. The number of amides is 1. The first-order valence-corrected chi connectivity index (χ1v) is 13.1. The quantitative estimate of drug-likeness (QED) is 0.364. The van der Waals surface area contributed by atoms with Crippen molar-refractivity contribution < 1.29 is 31.1 Å². The zero-order valence-electron chi connectivity index (χ0n) is 21.9. The Balaban J connectivity index is 1.30. The number of carbonyl (C=O) groups excluding carboxylic acids is 1. The smallest absolute Gasteiger partial charge is 0.257 e. The normalized spacial score (nSPS) is 22.0. The second-order valence-electron chi connectivity index (χ2n) is 10.5. The number of fused-ring (bicyclic) bond motifs is 1. The number of likely N-dealkylation sites (tertiary alicyclic amines) is 1. The molecule has 2 aliphatic heterocycles. The van der Waals surface area contributed by atoms with E-state index in [-0.39, 0.29) is 30.5 Å². The molecule has 0 saturated carbocycles. The molecule has 8 nitrogen and oxygen atoms in total. The molecule has 1 fully saturated rings. The van der Waals surface area contributed by atoms with E-state index in [0.29, 0.717) is 24.2 Å². The Morgan fingerprint density at radius 1 is 1.17 bits per heavy atom. The van der Waals surface area contributed by atoms with E-state index < -0.39 is 65.4 Å².